The molecule has 1 saturated heterocycles. The fraction of sp³-hybridized carbons (Fsp3) is 0.538. The molecule has 108 valence electrons. The van der Waals surface area contributed by atoms with Crippen molar-refractivity contribution in [2.75, 3.05) is 24.7 Å². The van der Waals surface area contributed by atoms with Gasteiger partial charge in [-0.1, -0.05) is 11.6 Å². The first-order chi connectivity index (χ1) is 9.65. The number of carbonyl (C=O) groups excluding carboxylic acids is 1. The van der Waals surface area contributed by atoms with Crippen LogP contribution in [0.3, 0.4) is 0 Å². The third-order valence-corrected chi connectivity index (χ3v) is 4.13. The van der Waals surface area contributed by atoms with Crippen molar-refractivity contribution in [3.05, 3.63) is 21.8 Å². The molecule has 0 aromatic carbocycles. The minimum Gasteiger partial charge on any atom is -0.377 e. The minimum absolute atomic E-state index is 0.00649. The Morgan fingerprint density at radius 2 is 2.35 bits per heavy atom. The highest BCUT2D eigenvalue weighted by molar-refractivity contribution is 9.10. The molecule has 2 heterocycles. The molecule has 1 aliphatic carbocycles. The smallest absolute Gasteiger partial charge is 0.245 e. The number of anilines is 1. The number of nitrogens with one attached hydrogen (secondary N) is 1. The zero-order chi connectivity index (χ0) is 14.1. The molecular formula is C13H15BrClN3O2. The first-order valence-corrected chi connectivity index (χ1v) is 7.78. The number of carbonyl (C=O) groups is 1. The average Bonchev–Trinajstić information content (AvgIpc) is 3.23. The Kier molecular flexibility index (Phi) is 4.14. The van der Waals surface area contributed by atoms with Gasteiger partial charge in [0.25, 0.3) is 0 Å². The van der Waals surface area contributed by atoms with Crippen LogP contribution in [-0.2, 0) is 9.53 Å². The van der Waals surface area contributed by atoms with Crippen LogP contribution in [0.2, 0.25) is 5.02 Å². The van der Waals surface area contributed by atoms with Crippen LogP contribution in [-0.4, -0.2) is 42.7 Å². The number of aromatic nitrogens is 1. The van der Waals surface area contributed by atoms with Crippen molar-refractivity contribution in [1.29, 1.82) is 0 Å². The van der Waals surface area contributed by atoms with E-state index < -0.39 is 0 Å². The van der Waals surface area contributed by atoms with E-state index in [9.17, 15) is 4.79 Å². The quantitative estimate of drug-likeness (QED) is 0.895. The van der Waals surface area contributed by atoms with E-state index in [1.54, 1.807) is 12.3 Å². The summed E-state index contributed by atoms with van der Waals surface area (Å²) in [6, 6.07) is 1.75. The topological polar surface area (TPSA) is 54.5 Å². The Morgan fingerprint density at radius 3 is 3.05 bits per heavy atom. The second-order valence-corrected chi connectivity index (χ2v) is 6.35. The molecule has 1 amide bonds. The Labute approximate surface area is 130 Å². The zero-order valence-corrected chi connectivity index (χ0v) is 13.2. The van der Waals surface area contributed by atoms with Gasteiger partial charge in [-0.2, -0.15) is 0 Å². The number of halogens is 2. The molecule has 0 spiro atoms. The van der Waals surface area contributed by atoms with E-state index in [2.05, 4.69) is 26.2 Å². The van der Waals surface area contributed by atoms with Crippen LogP contribution in [0.1, 0.15) is 12.8 Å². The summed E-state index contributed by atoms with van der Waals surface area (Å²) in [5, 5.41) is 3.55. The van der Waals surface area contributed by atoms with Gasteiger partial charge in [0.05, 0.1) is 18.2 Å². The van der Waals surface area contributed by atoms with Gasteiger partial charge in [-0.15, -0.1) is 0 Å². The molecule has 1 atom stereocenters. The normalized spacial score (nSPS) is 22.7. The minimum atomic E-state index is -0.365. The van der Waals surface area contributed by atoms with Crippen LogP contribution < -0.4 is 10.2 Å². The summed E-state index contributed by atoms with van der Waals surface area (Å²) in [5.74, 6) is 0.627. The number of amides is 1. The van der Waals surface area contributed by atoms with Gasteiger partial charge in [-0.05, 0) is 34.8 Å². The van der Waals surface area contributed by atoms with E-state index >= 15 is 0 Å². The number of nitrogens with zero attached hydrogens (tertiary/aromatic N) is 2. The number of ether oxygens (including phenoxy) is 1. The molecule has 7 heteroatoms. The fourth-order valence-corrected chi connectivity index (χ4v) is 2.96. The van der Waals surface area contributed by atoms with Gasteiger partial charge in [0.15, 0.2) is 0 Å². The molecule has 0 bridgehead atoms. The maximum Gasteiger partial charge on any atom is 0.245 e. The summed E-state index contributed by atoms with van der Waals surface area (Å²) in [5.41, 5.74) is 0. The van der Waals surface area contributed by atoms with Crippen molar-refractivity contribution in [1.82, 2.24) is 10.3 Å². The predicted molar refractivity (Wildman–Crippen MR) is 80.1 cm³/mol. The lowest BCUT2D eigenvalue weighted by atomic mass is 10.2. The third kappa shape index (κ3) is 3.07. The molecule has 1 saturated carbocycles. The van der Waals surface area contributed by atoms with Crippen molar-refractivity contribution in [2.24, 2.45) is 0 Å². The lowest BCUT2D eigenvalue weighted by Crippen LogP contribution is -2.54. The SMILES string of the molecule is O=C(NC1CC1)C1COCCN1c1ncc(Br)cc1Cl. The molecule has 1 aliphatic heterocycles. The van der Waals surface area contributed by atoms with Gasteiger partial charge < -0.3 is 15.0 Å². The maximum atomic E-state index is 12.3. The zero-order valence-electron chi connectivity index (χ0n) is 10.8. The molecule has 20 heavy (non-hydrogen) atoms. The van der Waals surface area contributed by atoms with Gasteiger partial charge in [-0.25, -0.2) is 4.98 Å². The molecule has 5 nitrogen and oxygen atoms in total. The first-order valence-electron chi connectivity index (χ1n) is 6.61. The van der Waals surface area contributed by atoms with Crippen molar-refractivity contribution >= 4 is 39.3 Å². The highest BCUT2D eigenvalue weighted by Crippen LogP contribution is 2.29. The Morgan fingerprint density at radius 1 is 1.55 bits per heavy atom. The summed E-state index contributed by atoms with van der Waals surface area (Å²) in [6.45, 7) is 1.55. The average molecular weight is 361 g/mol. The van der Waals surface area contributed by atoms with Gasteiger partial charge in [0, 0.05) is 23.3 Å². The van der Waals surface area contributed by atoms with Crippen LogP contribution in [0.15, 0.2) is 16.7 Å². The second kappa shape index (κ2) is 5.87. The molecule has 3 rings (SSSR count). The van der Waals surface area contributed by atoms with Crippen LogP contribution in [0, 0.1) is 0 Å². The molecule has 2 aliphatic rings. The summed E-state index contributed by atoms with van der Waals surface area (Å²) in [6.07, 6.45) is 3.82. The van der Waals surface area contributed by atoms with Gasteiger partial charge in [0.2, 0.25) is 5.91 Å². The highest BCUT2D eigenvalue weighted by Gasteiger charge is 2.34. The molecular weight excluding hydrogens is 346 g/mol. The van der Waals surface area contributed by atoms with Crippen LogP contribution in [0.25, 0.3) is 0 Å². The van der Waals surface area contributed by atoms with Crippen molar-refractivity contribution < 1.29 is 9.53 Å². The van der Waals surface area contributed by atoms with E-state index in [1.165, 1.54) is 0 Å². The maximum absolute atomic E-state index is 12.3. The lowest BCUT2D eigenvalue weighted by Gasteiger charge is -2.35. The van der Waals surface area contributed by atoms with E-state index in [1.807, 2.05) is 4.90 Å². The van der Waals surface area contributed by atoms with Crippen molar-refractivity contribution in [2.45, 2.75) is 24.9 Å². The number of morpholine rings is 1. The predicted octanol–water partition coefficient (Wildman–Crippen LogP) is 1.98. The standard InChI is InChI=1S/C13H15BrClN3O2/c14-8-5-10(15)12(16-6-8)18-3-4-20-7-11(18)13(19)17-9-1-2-9/h5-6,9,11H,1-4,7H2,(H,17,19). The number of hydrogen-bond donors (Lipinski definition) is 1. The summed E-state index contributed by atoms with van der Waals surface area (Å²) >= 11 is 9.58. The summed E-state index contributed by atoms with van der Waals surface area (Å²) in [4.78, 5) is 18.6. The number of hydrogen-bond acceptors (Lipinski definition) is 4. The number of pyridine rings is 1. The molecule has 1 aromatic rings. The molecule has 2 fully saturated rings. The molecule has 1 N–H and O–H groups in total. The van der Waals surface area contributed by atoms with E-state index in [4.69, 9.17) is 16.3 Å². The molecule has 1 unspecified atom stereocenters. The van der Waals surface area contributed by atoms with Gasteiger partial charge >= 0.3 is 0 Å². The Balaban J connectivity index is 1.81. The van der Waals surface area contributed by atoms with Crippen molar-refractivity contribution in [3.8, 4) is 0 Å². The summed E-state index contributed by atoms with van der Waals surface area (Å²) < 4.78 is 6.26. The van der Waals surface area contributed by atoms with Crippen LogP contribution in [0.5, 0.6) is 0 Å². The first kappa shape index (κ1) is 14.1. The van der Waals surface area contributed by atoms with Crippen LogP contribution in [0.4, 0.5) is 5.82 Å². The van der Waals surface area contributed by atoms with Gasteiger partial charge in [0.1, 0.15) is 11.9 Å². The van der Waals surface area contributed by atoms with E-state index in [0.29, 0.717) is 36.6 Å². The Bertz CT molecular complexity index is 524. The summed E-state index contributed by atoms with van der Waals surface area (Å²) in [7, 11) is 0. The fourth-order valence-electron chi connectivity index (χ4n) is 2.22. The van der Waals surface area contributed by atoms with Crippen molar-refractivity contribution in [3.63, 3.8) is 0 Å². The van der Waals surface area contributed by atoms with E-state index in [-0.39, 0.29) is 11.9 Å². The third-order valence-electron chi connectivity index (χ3n) is 3.42. The monoisotopic (exact) mass is 359 g/mol. The highest BCUT2D eigenvalue weighted by atomic mass is 79.9. The van der Waals surface area contributed by atoms with Crippen LogP contribution >= 0.6 is 27.5 Å². The van der Waals surface area contributed by atoms with E-state index in [0.717, 1.165) is 17.3 Å². The number of rotatable bonds is 3. The molecule has 1 aromatic heterocycles. The molecule has 0 radical (unpaired) electrons. The largest absolute Gasteiger partial charge is 0.377 e. The van der Waals surface area contributed by atoms with Gasteiger partial charge in [-0.3, -0.25) is 4.79 Å². The Hall–Kier alpha value is -0.850. The second-order valence-electron chi connectivity index (χ2n) is 5.03. The lowest BCUT2D eigenvalue weighted by molar-refractivity contribution is -0.124.